The molecule has 0 amide bonds. The Morgan fingerprint density at radius 2 is 2.03 bits per heavy atom. The Balaban J connectivity index is 0.00000363. The molecule has 1 aromatic carbocycles. The fourth-order valence-corrected chi connectivity index (χ4v) is 3.60. The molecule has 2 heterocycles. The van der Waals surface area contributed by atoms with Crippen molar-refractivity contribution in [2.45, 2.75) is 40.0 Å². The molecule has 1 fully saturated rings. The number of nitrogens with one attached hydrogen (secondary N) is 1. The maximum Gasteiger partial charge on any atom is 0.194 e. The number of morpholine rings is 1. The maximum absolute atomic E-state index is 5.65. The van der Waals surface area contributed by atoms with Crippen LogP contribution >= 0.6 is 24.0 Å². The molecule has 0 aliphatic carbocycles. The van der Waals surface area contributed by atoms with Gasteiger partial charge >= 0.3 is 0 Å². The van der Waals surface area contributed by atoms with E-state index >= 15 is 0 Å². The second kappa shape index (κ2) is 13.5. The molecule has 32 heavy (non-hydrogen) atoms. The molecule has 7 nitrogen and oxygen atoms in total. The Labute approximate surface area is 209 Å². The Morgan fingerprint density at radius 1 is 1.25 bits per heavy atom. The molecule has 8 heteroatoms. The van der Waals surface area contributed by atoms with E-state index in [2.05, 4.69) is 59.2 Å². The van der Waals surface area contributed by atoms with E-state index in [1.54, 1.807) is 0 Å². The van der Waals surface area contributed by atoms with Crippen LogP contribution in [0.2, 0.25) is 0 Å². The average Bonchev–Trinajstić information content (AvgIpc) is 2.78. The third kappa shape index (κ3) is 7.81. The predicted molar refractivity (Wildman–Crippen MR) is 141 cm³/mol. The smallest absolute Gasteiger partial charge is 0.194 e. The molecule has 1 aromatic heterocycles. The van der Waals surface area contributed by atoms with Gasteiger partial charge in [-0.1, -0.05) is 12.1 Å². The molecule has 0 bridgehead atoms. The van der Waals surface area contributed by atoms with Crippen LogP contribution in [0.5, 0.6) is 5.75 Å². The summed E-state index contributed by atoms with van der Waals surface area (Å²) in [4.78, 5) is 13.8. The van der Waals surface area contributed by atoms with Crippen LogP contribution in [-0.4, -0.2) is 61.8 Å². The number of halogens is 1. The zero-order valence-electron chi connectivity index (χ0n) is 19.6. The summed E-state index contributed by atoms with van der Waals surface area (Å²) in [7, 11) is 2.06. The highest BCUT2D eigenvalue weighted by molar-refractivity contribution is 14.0. The lowest BCUT2D eigenvalue weighted by molar-refractivity contribution is 0.0529. The predicted octanol–water partition coefficient (Wildman–Crippen LogP) is 3.92. The summed E-state index contributed by atoms with van der Waals surface area (Å²) < 4.78 is 11.2. The SMILES string of the molecule is CCNC(=NCc1ccnc(N2CCOC(C)C2)c1)N(C)Cc1ccc(OCC)cc1.I. The highest BCUT2D eigenvalue weighted by Crippen LogP contribution is 2.17. The number of ether oxygens (including phenoxy) is 2. The van der Waals surface area contributed by atoms with Gasteiger partial charge in [-0.15, -0.1) is 24.0 Å². The first-order valence-corrected chi connectivity index (χ1v) is 11.1. The van der Waals surface area contributed by atoms with E-state index in [-0.39, 0.29) is 30.1 Å². The molecule has 176 valence electrons. The van der Waals surface area contributed by atoms with Gasteiger partial charge in [0, 0.05) is 39.4 Å². The quantitative estimate of drug-likeness (QED) is 0.304. The average molecular weight is 553 g/mol. The monoisotopic (exact) mass is 553 g/mol. The van der Waals surface area contributed by atoms with Crippen LogP contribution in [0.3, 0.4) is 0 Å². The van der Waals surface area contributed by atoms with Crippen molar-refractivity contribution in [1.82, 2.24) is 15.2 Å². The number of aliphatic imine (C=N–C) groups is 1. The van der Waals surface area contributed by atoms with E-state index in [0.717, 1.165) is 55.9 Å². The van der Waals surface area contributed by atoms with Gasteiger partial charge in [0.15, 0.2) is 5.96 Å². The van der Waals surface area contributed by atoms with Crippen LogP contribution in [0.25, 0.3) is 0 Å². The number of nitrogens with zero attached hydrogens (tertiary/aromatic N) is 4. The molecule has 1 aliphatic rings. The first-order valence-electron chi connectivity index (χ1n) is 11.1. The molecule has 0 spiro atoms. The van der Waals surface area contributed by atoms with E-state index in [1.165, 1.54) is 5.56 Å². The van der Waals surface area contributed by atoms with E-state index < -0.39 is 0 Å². The molecule has 1 aliphatic heterocycles. The lowest BCUT2D eigenvalue weighted by Gasteiger charge is -2.32. The van der Waals surface area contributed by atoms with Crippen LogP contribution in [0.1, 0.15) is 31.9 Å². The van der Waals surface area contributed by atoms with E-state index in [4.69, 9.17) is 14.5 Å². The number of pyridine rings is 1. The zero-order chi connectivity index (χ0) is 22.1. The normalized spacial score (nSPS) is 16.3. The molecule has 0 radical (unpaired) electrons. The number of anilines is 1. The summed E-state index contributed by atoms with van der Waals surface area (Å²) in [6, 6.07) is 12.4. The molecular formula is C24H36IN5O2. The van der Waals surface area contributed by atoms with E-state index in [9.17, 15) is 0 Å². The minimum Gasteiger partial charge on any atom is -0.494 e. The van der Waals surface area contributed by atoms with Crippen LogP contribution in [0.4, 0.5) is 5.82 Å². The summed E-state index contributed by atoms with van der Waals surface area (Å²) in [6.45, 7) is 11.5. The van der Waals surface area contributed by atoms with Gasteiger partial charge in [-0.25, -0.2) is 9.98 Å². The molecule has 2 aromatic rings. The largest absolute Gasteiger partial charge is 0.494 e. The third-order valence-corrected chi connectivity index (χ3v) is 5.14. The number of guanidine groups is 1. The van der Waals surface area contributed by atoms with E-state index in [1.807, 2.05) is 31.3 Å². The van der Waals surface area contributed by atoms with Crippen molar-refractivity contribution < 1.29 is 9.47 Å². The van der Waals surface area contributed by atoms with Crippen molar-refractivity contribution in [3.63, 3.8) is 0 Å². The van der Waals surface area contributed by atoms with Crippen LogP contribution in [0, 0.1) is 0 Å². The number of hydrogen-bond donors (Lipinski definition) is 1. The highest BCUT2D eigenvalue weighted by atomic mass is 127. The number of rotatable bonds is 8. The molecule has 1 saturated heterocycles. The van der Waals surface area contributed by atoms with Crippen LogP contribution < -0.4 is 15.0 Å². The lowest BCUT2D eigenvalue weighted by atomic mass is 10.2. The Bertz CT molecular complexity index is 847. The second-order valence-corrected chi connectivity index (χ2v) is 7.75. The maximum atomic E-state index is 5.65. The van der Waals surface area contributed by atoms with Gasteiger partial charge in [-0.3, -0.25) is 0 Å². The number of benzene rings is 1. The van der Waals surface area contributed by atoms with Crippen LogP contribution in [-0.2, 0) is 17.8 Å². The molecule has 1 N–H and O–H groups in total. The van der Waals surface area contributed by atoms with Crippen molar-refractivity contribution in [1.29, 1.82) is 0 Å². The van der Waals surface area contributed by atoms with Gasteiger partial charge in [-0.05, 0) is 56.2 Å². The van der Waals surface area contributed by atoms with Crippen molar-refractivity contribution in [2.24, 2.45) is 4.99 Å². The third-order valence-electron chi connectivity index (χ3n) is 5.14. The first-order chi connectivity index (χ1) is 15.1. The molecule has 1 atom stereocenters. The van der Waals surface area contributed by atoms with Crippen molar-refractivity contribution in [2.75, 3.05) is 44.8 Å². The lowest BCUT2D eigenvalue weighted by Crippen LogP contribution is -2.41. The second-order valence-electron chi connectivity index (χ2n) is 7.75. The van der Waals surface area contributed by atoms with Gasteiger partial charge in [-0.2, -0.15) is 0 Å². The van der Waals surface area contributed by atoms with Gasteiger partial charge in [0.2, 0.25) is 0 Å². The van der Waals surface area contributed by atoms with Crippen molar-refractivity contribution in [3.05, 3.63) is 53.7 Å². The summed E-state index contributed by atoms with van der Waals surface area (Å²) in [5.74, 6) is 2.78. The van der Waals surface area contributed by atoms with Crippen LogP contribution in [0.15, 0.2) is 47.6 Å². The summed E-state index contributed by atoms with van der Waals surface area (Å²) in [6.07, 6.45) is 2.10. The number of aromatic nitrogens is 1. The zero-order valence-corrected chi connectivity index (χ0v) is 21.9. The summed E-state index contributed by atoms with van der Waals surface area (Å²) in [5.41, 5.74) is 2.36. The van der Waals surface area contributed by atoms with Gasteiger partial charge in [0.25, 0.3) is 0 Å². The molecule has 0 saturated carbocycles. The Morgan fingerprint density at radius 3 is 2.72 bits per heavy atom. The molecular weight excluding hydrogens is 517 g/mol. The first kappa shape index (κ1) is 26.2. The van der Waals surface area contributed by atoms with E-state index in [0.29, 0.717) is 13.2 Å². The Hall–Kier alpha value is -2.07. The number of hydrogen-bond acceptors (Lipinski definition) is 5. The molecule has 3 rings (SSSR count). The van der Waals surface area contributed by atoms with Crippen molar-refractivity contribution in [3.8, 4) is 5.75 Å². The molecule has 1 unspecified atom stereocenters. The fourth-order valence-electron chi connectivity index (χ4n) is 3.60. The summed E-state index contributed by atoms with van der Waals surface area (Å²) in [5, 5.41) is 3.40. The minimum absolute atomic E-state index is 0. The van der Waals surface area contributed by atoms with Crippen molar-refractivity contribution >= 4 is 35.8 Å². The minimum atomic E-state index is 0. The van der Waals surface area contributed by atoms with Gasteiger partial charge in [0.1, 0.15) is 11.6 Å². The van der Waals surface area contributed by atoms with Gasteiger partial charge < -0.3 is 24.6 Å². The van der Waals surface area contributed by atoms with Gasteiger partial charge in [0.05, 0.1) is 25.9 Å². The highest BCUT2D eigenvalue weighted by Gasteiger charge is 2.18. The standard InChI is InChI=1S/C24H35N5O2.HI/c1-5-25-24(28(4)18-20-7-9-22(10-8-20)30-6-2)27-16-21-11-12-26-23(15-21)29-13-14-31-19(3)17-29;/h7-12,15,19H,5-6,13-14,16-18H2,1-4H3,(H,25,27);1H. The Kier molecular flexibility index (Phi) is 11.0. The topological polar surface area (TPSA) is 62.2 Å². The fraction of sp³-hybridized carbons (Fsp3) is 0.500. The summed E-state index contributed by atoms with van der Waals surface area (Å²) >= 11 is 0.